The highest BCUT2D eigenvalue weighted by Gasteiger charge is 2.51. The summed E-state index contributed by atoms with van der Waals surface area (Å²) in [7, 11) is -3.69. The Kier molecular flexibility index (Phi) is 8.01. The summed E-state index contributed by atoms with van der Waals surface area (Å²) in [5.41, 5.74) is -2.63. The lowest BCUT2D eigenvalue weighted by Gasteiger charge is -2.45. The molecule has 13 heteroatoms. The fourth-order valence-electron chi connectivity index (χ4n) is 4.59. The number of aliphatic hydroxyl groups is 2. The molecule has 4 rings (SSSR count). The van der Waals surface area contributed by atoms with Crippen molar-refractivity contribution in [3.8, 4) is 0 Å². The number of anilines is 1. The highest BCUT2D eigenvalue weighted by molar-refractivity contribution is 7.91. The lowest BCUT2D eigenvalue weighted by atomic mass is 9.95. The van der Waals surface area contributed by atoms with Crippen molar-refractivity contribution < 1.29 is 36.5 Å². The van der Waals surface area contributed by atoms with Gasteiger partial charge in [0.15, 0.2) is 5.60 Å². The van der Waals surface area contributed by atoms with Gasteiger partial charge in [0.25, 0.3) is 10.0 Å². The number of nitrogens with zero attached hydrogens (tertiary/aromatic N) is 3. The highest BCUT2D eigenvalue weighted by Crippen LogP contribution is 2.39. The summed E-state index contributed by atoms with van der Waals surface area (Å²) in [4.78, 5) is 4.04. The Balaban J connectivity index is 1.61. The maximum absolute atomic E-state index is 13.3. The second kappa shape index (κ2) is 10.6. The Morgan fingerprint density at radius 3 is 2.44 bits per heavy atom. The van der Waals surface area contributed by atoms with Crippen LogP contribution in [0.3, 0.4) is 0 Å². The summed E-state index contributed by atoms with van der Waals surface area (Å²) in [6, 6.07) is 8.24. The topological polar surface area (TPSA) is 93.6 Å². The molecule has 2 aliphatic rings. The minimum atomic E-state index is -4.82. The summed E-state index contributed by atoms with van der Waals surface area (Å²) in [6.45, 7) is 3.19. The number of thiophene rings is 1. The van der Waals surface area contributed by atoms with Gasteiger partial charge in [0.2, 0.25) is 0 Å². The minimum Gasteiger partial charge on any atom is -0.395 e. The molecule has 2 aliphatic heterocycles. The first-order valence-corrected chi connectivity index (χ1v) is 13.9. The zero-order chi connectivity index (χ0) is 26.1. The van der Waals surface area contributed by atoms with E-state index in [9.17, 15) is 31.8 Å². The fourth-order valence-corrected chi connectivity index (χ4v) is 7.20. The van der Waals surface area contributed by atoms with E-state index in [0.29, 0.717) is 45.5 Å². The standard InChI is InChI=1S/C23H30F3N3O5S2/c1-22(31,23(24,25)26)17-4-6-18(7-5-17)29-9-8-28(36(32,33)21-3-2-12-35-21)14-19(29)13-27-10-11-34-16-20(27)15-30/h2-7,12,19-20,30-31H,8-11,13-16H2,1H3/t19-,20-,22+/m0/s1. The van der Waals surface area contributed by atoms with E-state index in [1.807, 2.05) is 4.90 Å². The summed E-state index contributed by atoms with van der Waals surface area (Å²) in [5.74, 6) is 0. The molecular weight excluding hydrogens is 519 g/mol. The van der Waals surface area contributed by atoms with Crippen molar-refractivity contribution >= 4 is 27.0 Å². The molecule has 8 nitrogen and oxygen atoms in total. The number of ether oxygens (including phenoxy) is 1. The molecule has 1 aromatic heterocycles. The molecule has 200 valence electrons. The van der Waals surface area contributed by atoms with Gasteiger partial charge in [-0.15, -0.1) is 11.3 Å². The second-order valence-corrected chi connectivity index (χ2v) is 12.3. The third-order valence-corrected chi connectivity index (χ3v) is 10.1. The average Bonchev–Trinajstić information content (AvgIpc) is 3.40. The Hall–Kier alpha value is -1.74. The SMILES string of the molecule is C[C@@](O)(c1ccc(N2CCN(S(=O)(=O)c3cccs3)C[C@@H]2CN2CCOC[C@@H]2CO)cc1)C(F)(F)F. The van der Waals surface area contributed by atoms with E-state index in [-0.39, 0.29) is 41.6 Å². The number of halogens is 3. The van der Waals surface area contributed by atoms with Crippen LogP contribution in [0.25, 0.3) is 0 Å². The van der Waals surface area contributed by atoms with Crippen LogP contribution in [-0.2, 0) is 20.4 Å². The van der Waals surface area contributed by atoms with Gasteiger partial charge < -0.3 is 19.8 Å². The Morgan fingerprint density at radius 1 is 1.11 bits per heavy atom. The first kappa shape index (κ1) is 27.3. The molecule has 0 radical (unpaired) electrons. The van der Waals surface area contributed by atoms with Crippen molar-refractivity contribution in [1.82, 2.24) is 9.21 Å². The van der Waals surface area contributed by atoms with Crippen LogP contribution in [0.5, 0.6) is 0 Å². The number of benzene rings is 1. The smallest absolute Gasteiger partial charge is 0.395 e. The van der Waals surface area contributed by atoms with E-state index in [1.54, 1.807) is 17.5 Å². The fraction of sp³-hybridized carbons (Fsp3) is 0.565. The molecule has 0 saturated carbocycles. The van der Waals surface area contributed by atoms with Crippen LogP contribution in [0, 0.1) is 0 Å². The van der Waals surface area contributed by atoms with E-state index in [1.165, 1.54) is 28.6 Å². The predicted octanol–water partition coefficient (Wildman–Crippen LogP) is 2.09. The summed E-state index contributed by atoms with van der Waals surface area (Å²) in [6.07, 6.45) is -4.82. The van der Waals surface area contributed by atoms with Crippen LogP contribution < -0.4 is 4.90 Å². The lowest BCUT2D eigenvalue weighted by Crippen LogP contribution is -2.60. The monoisotopic (exact) mass is 549 g/mol. The van der Waals surface area contributed by atoms with Crippen LogP contribution >= 0.6 is 11.3 Å². The van der Waals surface area contributed by atoms with Gasteiger partial charge in [-0.05, 0) is 36.1 Å². The summed E-state index contributed by atoms with van der Waals surface area (Å²) in [5, 5.41) is 21.5. The average molecular weight is 550 g/mol. The third-order valence-electron chi connectivity index (χ3n) is 6.85. The number of alkyl halides is 3. The van der Waals surface area contributed by atoms with Crippen LogP contribution in [0.1, 0.15) is 12.5 Å². The van der Waals surface area contributed by atoms with Crippen molar-refractivity contribution in [2.75, 3.05) is 57.4 Å². The quantitative estimate of drug-likeness (QED) is 0.547. The summed E-state index contributed by atoms with van der Waals surface area (Å²) >= 11 is 1.15. The number of piperazine rings is 1. The largest absolute Gasteiger partial charge is 0.421 e. The molecule has 3 heterocycles. The van der Waals surface area contributed by atoms with Gasteiger partial charge in [0.1, 0.15) is 4.21 Å². The number of hydrogen-bond acceptors (Lipinski definition) is 8. The number of hydrogen-bond donors (Lipinski definition) is 2. The van der Waals surface area contributed by atoms with E-state index in [0.717, 1.165) is 11.3 Å². The van der Waals surface area contributed by atoms with Crippen LogP contribution in [0.4, 0.5) is 18.9 Å². The second-order valence-electron chi connectivity index (χ2n) is 9.17. The molecule has 2 saturated heterocycles. The van der Waals surface area contributed by atoms with Gasteiger partial charge in [-0.2, -0.15) is 17.5 Å². The first-order chi connectivity index (χ1) is 16.9. The first-order valence-electron chi connectivity index (χ1n) is 11.6. The number of rotatable bonds is 7. The molecule has 0 aliphatic carbocycles. The van der Waals surface area contributed by atoms with E-state index < -0.39 is 21.8 Å². The molecule has 36 heavy (non-hydrogen) atoms. The predicted molar refractivity (Wildman–Crippen MR) is 130 cm³/mol. The number of sulfonamides is 1. The molecule has 2 fully saturated rings. The van der Waals surface area contributed by atoms with Gasteiger partial charge in [-0.25, -0.2) is 8.42 Å². The van der Waals surface area contributed by atoms with Gasteiger partial charge in [-0.3, -0.25) is 4.90 Å². The van der Waals surface area contributed by atoms with Crippen LogP contribution in [0.2, 0.25) is 0 Å². The van der Waals surface area contributed by atoms with E-state index in [4.69, 9.17) is 4.74 Å². The highest BCUT2D eigenvalue weighted by atomic mass is 32.2. The van der Waals surface area contributed by atoms with E-state index >= 15 is 0 Å². The van der Waals surface area contributed by atoms with Crippen molar-refractivity contribution in [1.29, 1.82) is 0 Å². The number of aliphatic hydroxyl groups excluding tert-OH is 1. The third kappa shape index (κ3) is 5.42. The van der Waals surface area contributed by atoms with Crippen molar-refractivity contribution in [3.63, 3.8) is 0 Å². The molecule has 2 N–H and O–H groups in total. The van der Waals surface area contributed by atoms with Crippen molar-refractivity contribution in [2.24, 2.45) is 0 Å². The molecule has 0 amide bonds. The Labute approximate surface area is 212 Å². The van der Waals surface area contributed by atoms with Crippen molar-refractivity contribution in [2.45, 2.75) is 35.0 Å². The molecular formula is C23H30F3N3O5S2. The van der Waals surface area contributed by atoms with Gasteiger partial charge in [0.05, 0.1) is 31.9 Å². The zero-order valence-electron chi connectivity index (χ0n) is 19.8. The molecule has 0 spiro atoms. The van der Waals surface area contributed by atoms with Crippen LogP contribution in [-0.4, -0.2) is 98.6 Å². The molecule has 0 bridgehead atoms. The Bertz CT molecular complexity index is 1110. The van der Waals surface area contributed by atoms with Crippen LogP contribution in [0.15, 0.2) is 46.0 Å². The molecule has 0 unspecified atom stereocenters. The number of morpholine rings is 1. The van der Waals surface area contributed by atoms with Gasteiger partial charge >= 0.3 is 6.18 Å². The maximum Gasteiger partial charge on any atom is 0.421 e. The Morgan fingerprint density at radius 2 is 1.83 bits per heavy atom. The zero-order valence-corrected chi connectivity index (χ0v) is 21.4. The molecule has 3 atom stereocenters. The molecule has 2 aromatic rings. The van der Waals surface area contributed by atoms with Gasteiger partial charge in [0, 0.05) is 38.4 Å². The van der Waals surface area contributed by atoms with Gasteiger partial charge in [-0.1, -0.05) is 18.2 Å². The summed E-state index contributed by atoms with van der Waals surface area (Å²) < 4.78 is 73.4. The minimum absolute atomic E-state index is 0.106. The van der Waals surface area contributed by atoms with Crippen molar-refractivity contribution in [3.05, 3.63) is 47.3 Å². The lowest BCUT2D eigenvalue weighted by molar-refractivity contribution is -0.258. The normalized spacial score (nSPS) is 24.6. The molecule has 1 aromatic carbocycles. The maximum atomic E-state index is 13.3. The van der Waals surface area contributed by atoms with E-state index in [2.05, 4.69) is 4.90 Å².